The van der Waals surface area contributed by atoms with Gasteiger partial charge in [-0.25, -0.2) is 13.2 Å². The Morgan fingerprint density at radius 1 is 0.845 bits per heavy atom. The molecule has 0 spiro atoms. The van der Waals surface area contributed by atoms with Crippen LogP contribution in [0.5, 0.6) is 0 Å². The minimum atomic E-state index is -3.81. The summed E-state index contributed by atoms with van der Waals surface area (Å²) in [6.45, 7) is 6.66. The molecule has 58 heavy (non-hydrogen) atoms. The van der Waals surface area contributed by atoms with E-state index in [1.807, 2.05) is 93.5 Å². The summed E-state index contributed by atoms with van der Waals surface area (Å²) in [5.74, 6) is 3.85. The lowest BCUT2D eigenvalue weighted by Gasteiger charge is -2.25. The van der Waals surface area contributed by atoms with Gasteiger partial charge >= 0.3 is 6.09 Å². The van der Waals surface area contributed by atoms with Gasteiger partial charge in [-0.15, -0.1) is 0 Å². The Labute approximate surface area is 343 Å². The number of nitrogens with one attached hydrogen (secondary N) is 5. The van der Waals surface area contributed by atoms with Crippen molar-refractivity contribution in [2.24, 2.45) is 15.9 Å². The zero-order valence-corrected chi connectivity index (χ0v) is 34.0. The predicted octanol–water partition coefficient (Wildman–Crippen LogP) is 5.83. The maximum Gasteiger partial charge on any atom is 0.411 e. The molecule has 6 heterocycles. The normalized spacial score (nSPS) is 16.9. The molecule has 1 unspecified atom stereocenters. The smallest absolute Gasteiger partial charge is 0.411 e. The van der Waals surface area contributed by atoms with Crippen molar-refractivity contribution in [1.29, 1.82) is 0 Å². The highest BCUT2D eigenvalue weighted by molar-refractivity contribution is 7.97. The van der Waals surface area contributed by atoms with Crippen LogP contribution in [0, 0.1) is 19.8 Å². The van der Waals surface area contributed by atoms with E-state index in [9.17, 15) is 18.3 Å². The fourth-order valence-electron chi connectivity index (χ4n) is 6.43. The number of benzene rings is 2. The summed E-state index contributed by atoms with van der Waals surface area (Å²) in [6, 6.07) is 18.0. The van der Waals surface area contributed by atoms with Crippen LogP contribution in [0.1, 0.15) is 18.3 Å². The Bertz CT molecular complexity index is 2470. The molecule has 0 aliphatic carbocycles. The van der Waals surface area contributed by atoms with Crippen LogP contribution in [0.4, 0.5) is 27.8 Å². The fraction of sp³-hybridized carbons (Fsp3) is 0.216. The third kappa shape index (κ3) is 9.24. The van der Waals surface area contributed by atoms with Crippen molar-refractivity contribution in [2.75, 3.05) is 45.6 Å². The first-order valence-corrected chi connectivity index (χ1v) is 21.3. The van der Waals surface area contributed by atoms with Crippen LogP contribution in [-0.4, -0.2) is 85.7 Å². The molecule has 2 aromatic heterocycles. The number of fused-ring (bicyclic) bond motifs is 2. The number of rotatable bonds is 15. The molecule has 0 saturated heterocycles. The number of aryl methyl sites for hydroxylation is 2. The molecule has 2 aromatic carbocycles. The summed E-state index contributed by atoms with van der Waals surface area (Å²) in [7, 11) is -3.81. The minimum absolute atomic E-state index is 0.0181. The Hall–Kier alpha value is -6.00. The van der Waals surface area contributed by atoms with Gasteiger partial charge in [-0.05, 0) is 102 Å². The summed E-state index contributed by atoms with van der Waals surface area (Å²) >= 11 is 2.96. The number of carboxylic acid groups (broad SMARTS) is 1. The predicted molar refractivity (Wildman–Crippen MR) is 227 cm³/mol. The van der Waals surface area contributed by atoms with E-state index in [0.29, 0.717) is 36.1 Å². The lowest BCUT2D eigenvalue weighted by atomic mass is 10.2. The van der Waals surface area contributed by atoms with Gasteiger partial charge in [-0.2, -0.15) is 20.2 Å². The highest BCUT2D eigenvalue weighted by Gasteiger charge is 2.39. The zero-order chi connectivity index (χ0) is 40.4. The lowest BCUT2D eigenvalue weighted by Crippen LogP contribution is -2.42. The molecule has 0 saturated carbocycles. The first-order valence-electron chi connectivity index (χ1n) is 18.1. The second kappa shape index (κ2) is 16.5. The number of aromatic nitrogens is 4. The van der Waals surface area contributed by atoms with Gasteiger partial charge in [0, 0.05) is 51.2 Å². The highest BCUT2D eigenvalue weighted by Crippen LogP contribution is 2.32. The first kappa shape index (κ1) is 38.9. The maximum atomic E-state index is 13.2. The second-order valence-corrected chi connectivity index (χ2v) is 17.8. The van der Waals surface area contributed by atoms with Crippen molar-refractivity contribution in [3.8, 4) is 0 Å². The van der Waals surface area contributed by atoms with Gasteiger partial charge in [-0.3, -0.25) is 39.1 Å². The van der Waals surface area contributed by atoms with Crippen LogP contribution in [-0.2, 0) is 10.0 Å². The molecule has 21 heteroatoms. The highest BCUT2D eigenvalue weighted by atomic mass is 32.2. The van der Waals surface area contributed by atoms with Gasteiger partial charge in [-0.1, -0.05) is 6.92 Å². The molecule has 2 radical (unpaired) electrons. The van der Waals surface area contributed by atoms with E-state index in [1.54, 1.807) is 43.6 Å². The number of aromatic amines is 2. The van der Waals surface area contributed by atoms with Gasteiger partial charge in [0.2, 0.25) is 10.0 Å². The summed E-state index contributed by atoms with van der Waals surface area (Å²) in [6.07, 6.45) is 10.0. The number of hydrogen-bond donors (Lipinski definition) is 6. The van der Waals surface area contributed by atoms with Crippen molar-refractivity contribution < 1.29 is 18.3 Å². The largest absolute Gasteiger partial charge is 0.465 e. The van der Waals surface area contributed by atoms with Crippen LogP contribution in [0.25, 0.3) is 0 Å². The van der Waals surface area contributed by atoms with Crippen molar-refractivity contribution >= 4 is 74.7 Å². The van der Waals surface area contributed by atoms with Crippen LogP contribution in [0.2, 0.25) is 0 Å². The van der Waals surface area contributed by atoms with Gasteiger partial charge in [0.15, 0.2) is 24.0 Å². The number of hydrogen-bond acceptors (Lipinski definition) is 15. The van der Waals surface area contributed by atoms with E-state index in [0.717, 1.165) is 44.5 Å². The molecule has 6 N–H and O–H groups in total. The molecule has 8 rings (SSSR count). The van der Waals surface area contributed by atoms with Crippen LogP contribution >= 0.6 is 23.9 Å². The van der Waals surface area contributed by atoms with Gasteiger partial charge in [0.25, 0.3) is 23.3 Å². The van der Waals surface area contributed by atoms with E-state index in [2.05, 4.69) is 45.7 Å². The van der Waals surface area contributed by atoms with E-state index in [4.69, 9.17) is 0 Å². The third-order valence-corrected chi connectivity index (χ3v) is 12.4. The molecular weight excluding hydrogens is 801 g/mol. The summed E-state index contributed by atoms with van der Waals surface area (Å²) in [5, 5.41) is 31.2. The number of nitrogens with zero attached hydrogens (tertiary/aromatic N) is 9. The quantitative estimate of drug-likeness (QED) is 0.0618. The molecule has 4 aliphatic rings. The van der Waals surface area contributed by atoms with Crippen LogP contribution in [0.15, 0.2) is 129 Å². The lowest BCUT2D eigenvalue weighted by molar-refractivity contribution is 0.201. The van der Waals surface area contributed by atoms with Crippen molar-refractivity contribution in [2.45, 2.75) is 30.6 Å². The number of aliphatic imine (C=N–C) groups is 2. The van der Waals surface area contributed by atoms with Crippen molar-refractivity contribution in [1.82, 2.24) is 38.8 Å². The molecule has 0 bridgehead atoms. The molecule has 1 atom stereocenters. The monoisotopic (exact) mass is 840 g/mol. The summed E-state index contributed by atoms with van der Waals surface area (Å²) in [5.41, 5.74) is 2.72. The molecule has 1 amide bonds. The molecule has 4 aromatic rings. The zero-order valence-electron chi connectivity index (χ0n) is 31.6. The van der Waals surface area contributed by atoms with Crippen LogP contribution < -0.4 is 30.1 Å². The van der Waals surface area contributed by atoms with Gasteiger partial charge in [0.05, 0.1) is 30.6 Å². The topological polar surface area (TPSA) is 211 Å². The van der Waals surface area contributed by atoms with E-state index in [-0.39, 0.29) is 12.3 Å². The Kier molecular flexibility index (Phi) is 11.0. The number of anilines is 4. The number of amides is 1. The third-order valence-electron chi connectivity index (χ3n) is 8.96. The maximum absolute atomic E-state index is 13.2. The Morgan fingerprint density at radius 3 is 1.81 bits per heavy atom. The standard InChI is InChI=1S/C37H40N14O4S3/c1-24(18-51(37(52)53)28-6-10-30(11-7-28)57-48-20-34-39-13-15-50(34)36(22-48)41-32-17-26(3)43-45-32)23-58(54,55)46-27-4-8-29(9-5-27)56-47-19-33-38-12-14-49(33)35(21-47)40-31-16-25(2)42-44-31/h4-17,21-22,24,46H,18-20,23H2,1-3H3,(H,52,53)(H2,40,42,44)(H2,41,43,45)/q+2. The number of carbonyl (C=O) groups is 1. The molecule has 18 nitrogen and oxygen atoms in total. The van der Waals surface area contributed by atoms with Gasteiger partial charge < -0.3 is 5.11 Å². The number of H-pyrrole nitrogens is 2. The molecule has 4 aliphatic heterocycles. The minimum Gasteiger partial charge on any atom is -0.465 e. The SMILES string of the molecule is Cc1cc(NC2=CN(Sc3ccc(NS(=O)(=O)CC(C)CN(C(=O)O)c4ccc(SN5C=C(Nc6cc(C)[nH]n6)[N+]6C=CN=C6C5)cc4)cc3)CC3=NC=C[N+]23)n[nH]1. The fourth-order valence-corrected chi connectivity index (χ4v) is 9.59. The first-order chi connectivity index (χ1) is 27.9. The summed E-state index contributed by atoms with van der Waals surface area (Å²) in [4.78, 5) is 28.2. The van der Waals surface area contributed by atoms with Crippen LogP contribution in [0.3, 0.4) is 0 Å². The molecular formula is C37H40N14O4S3+2. The average molecular weight is 841 g/mol. The van der Waals surface area contributed by atoms with Crippen molar-refractivity contribution in [3.05, 3.63) is 121 Å². The Balaban J connectivity index is 0.852. The number of amidine groups is 2. The van der Waals surface area contributed by atoms with E-state index < -0.39 is 22.0 Å². The molecule has 298 valence electrons. The van der Waals surface area contributed by atoms with Crippen molar-refractivity contribution in [3.63, 3.8) is 0 Å². The molecule has 0 fully saturated rings. The van der Waals surface area contributed by atoms with E-state index >= 15 is 0 Å². The number of sulfonamides is 1. The average Bonchev–Trinajstić information content (AvgIpc) is 4.01. The summed E-state index contributed by atoms with van der Waals surface area (Å²) < 4.78 is 33.2. The van der Waals surface area contributed by atoms with Gasteiger partial charge in [0.1, 0.15) is 13.1 Å². The Morgan fingerprint density at radius 2 is 1.34 bits per heavy atom. The van der Waals surface area contributed by atoms with E-state index in [1.165, 1.54) is 28.8 Å². The second-order valence-electron chi connectivity index (χ2n) is 13.8.